The summed E-state index contributed by atoms with van der Waals surface area (Å²) in [6.45, 7) is 13.1. The van der Waals surface area contributed by atoms with Gasteiger partial charge in [-0.25, -0.2) is 0 Å². The topological polar surface area (TPSA) is 77.1 Å². The minimum absolute atomic E-state index is 0.122. The van der Waals surface area contributed by atoms with Crippen molar-refractivity contribution in [3.8, 4) is 11.5 Å². The third-order valence-corrected chi connectivity index (χ3v) is 8.54. The number of carbonyl (C=O) groups excluding carboxylic acids is 2. The van der Waals surface area contributed by atoms with Crippen molar-refractivity contribution >= 4 is 11.8 Å². The summed E-state index contributed by atoms with van der Waals surface area (Å²) in [6.07, 6.45) is 8.81. The van der Waals surface area contributed by atoms with Crippen LogP contribution in [0.5, 0.6) is 11.5 Å². The van der Waals surface area contributed by atoms with Crippen LogP contribution in [0.4, 0.5) is 0 Å². The summed E-state index contributed by atoms with van der Waals surface area (Å²) in [5.41, 5.74) is 0.884. The van der Waals surface area contributed by atoms with Gasteiger partial charge in [-0.3, -0.25) is 9.59 Å². The predicted octanol–water partition coefficient (Wildman–Crippen LogP) is 6.03. The van der Waals surface area contributed by atoms with Gasteiger partial charge in [0.1, 0.15) is 0 Å². The molecule has 1 aromatic carbocycles. The highest BCUT2D eigenvalue weighted by atomic mass is 16.5. The van der Waals surface area contributed by atoms with E-state index in [0.29, 0.717) is 13.2 Å². The summed E-state index contributed by atoms with van der Waals surface area (Å²) >= 11 is 0. The summed E-state index contributed by atoms with van der Waals surface area (Å²) in [4.78, 5) is 27.3. The van der Waals surface area contributed by atoms with Crippen molar-refractivity contribution < 1.29 is 23.8 Å². The molecule has 0 spiro atoms. The maximum atomic E-state index is 13.7. The molecular formula is C32H54N2O5. The number of nitrogens with one attached hydrogen (secondary N) is 1. The zero-order valence-electron chi connectivity index (χ0n) is 25.6. The molecule has 1 fully saturated rings. The van der Waals surface area contributed by atoms with Gasteiger partial charge in [-0.2, -0.15) is 0 Å². The number of ether oxygens (including phenoxy) is 3. The van der Waals surface area contributed by atoms with E-state index in [1.165, 1.54) is 5.56 Å². The van der Waals surface area contributed by atoms with Crippen LogP contribution in [0.2, 0.25) is 0 Å². The van der Waals surface area contributed by atoms with Gasteiger partial charge in [0.2, 0.25) is 11.8 Å². The second-order valence-corrected chi connectivity index (χ2v) is 11.7. The lowest BCUT2D eigenvalue weighted by atomic mass is 9.65. The smallest absolute Gasteiger partial charge is 0.226 e. The predicted molar refractivity (Wildman–Crippen MR) is 157 cm³/mol. The minimum Gasteiger partial charge on any atom is -0.493 e. The third kappa shape index (κ3) is 9.70. The van der Waals surface area contributed by atoms with Crippen LogP contribution in [0.25, 0.3) is 0 Å². The van der Waals surface area contributed by atoms with Gasteiger partial charge in [-0.15, -0.1) is 0 Å². The van der Waals surface area contributed by atoms with Crippen molar-refractivity contribution in [2.45, 2.75) is 98.4 Å². The molecule has 1 aliphatic heterocycles. The fourth-order valence-corrected chi connectivity index (χ4v) is 6.02. The van der Waals surface area contributed by atoms with Crippen LogP contribution >= 0.6 is 0 Å². The molecule has 7 heteroatoms. The van der Waals surface area contributed by atoms with Crippen molar-refractivity contribution in [2.75, 3.05) is 40.5 Å². The van der Waals surface area contributed by atoms with Crippen LogP contribution in [0, 0.1) is 17.3 Å². The normalized spacial score (nSPS) is 14.6. The molecule has 0 aromatic heterocycles. The van der Waals surface area contributed by atoms with Gasteiger partial charge < -0.3 is 24.4 Å². The van der Waals surface area contributed by atoms with E-state index in [1.807, 2.05) is 11.0 Å². The highest BCUT2D eigenvalue weighted by Crippen LogP contribution is 2.41. The van der Waals surface area contributed by atoms with E-state index in [4.69, 9.17) is 14.2 Å². The molecule has 0 atom stereocenters. The number of hydrogen-bond donors (Lipinski definition) is 1. The standard InChI is InChI=1S/C32H54N2O5/c1-24(2)32(25(3)4,31(36)33-28-16-19-34(20-17-28)26(5)35)18-11-9-8-10-13-27-14-15-29(38-7)30(23-27)39-22-12-21-37-6/h14-15,23-25,28H,8-13,16-22H2,1-7H3,(H,33,36). The van der Waals surface area contributed by atoms with Crippen molar-refractivity contribution in [1.82, 2.24) is 10.2 Å². The average Bonchev–Trinajstić information content (AvgIpc) is 2.90. The Morgan fingerprint density at radius 2 is 1.62 bits per heavy atom. The number of unbranched alkanes of at least 4 members (excludes halogenated alkanes) is 3. The Balaban J connectivity index is 1.85. The number of methoxy groups -OCH3 is 2. The first-order chi connectivity index (χ1) is 18.6. The number of carbonyl (C=O) groups is 2. The zero-order chi connectivity index (χ0) is 28.8. The fraction of sp³-hybridized carbons (Fsp3) is 0.750. The molecule has 0 saturated carbocycles. The SMILES string of the molecule is COCCCOc1cc(CCCCCCC(C(=O)NC2CCN(C(C)=O)CC2)(C(C)C)C(C)C)ccc1OC. The maximum Gasteiger partial charge on any atom is 0.226 e. The van der Waals surface area contributed by atoms with E-state index in [9.17, 15) is 9.59 Å². The Bertz CT molecular complexity index is 869. The average molecular weight is 547 g/mol. The highest BCUT2D eigenvalue weighted by molar-refractivity contribution is 5.83. The molecule has 0 aliphatic carbocycles. The lowest BCUT2D eigenvalue weighted by molar-refractivity contribution is -0.139. The molecule has 2 rings (SSSR count). The zero-order valence-corrected chi connectivity index (χ0v) is 25.6. The van der Waals surface area contributed by atoms with Crippen LogP contribution in [0.15, 0.2) is 18.2 Å². The summed E-state index contributed by atoms with van der Waals surface area (Å²) in [6, 6.07) is 6.36. The molecule has 39 heavy (non-hydrogen) atoms. The van der Waals surface area contributed by atoms with Gasteiger partial charge in [-0.05, 0) is 61.6 Å². The largest absolute Gasteiger partial charge is 0.493 e. The first kappa shape index (κ1) is 32.9. The fourth-order valence-electron chi connectivity index (χ4n) is 6.02. The second-order valence-electron chi connectivity index (χ2n) is 11.7. The van der Waals surface area contributed by atoms with E-state index in [-0.39, 0.29) is 35.1 Å². The van der Waals surface area contributed by atoms with Crippen molar-refractivity contribution in [3.63, 3.8) is 0 Å². The third-order valence-electron chi connectivity index (χ3n) is 8.54. The second kappa shape index (κ2) is 16.7. The summed E-state index contributed by atoms with van der Waals surface area (Å²) in [5, 5.41) is 3.39. The lowest BCUT2D eigenvalue weighted by Gasteiger charge is -2.42. The molecule has 1 saturated heterocycles. The Kier molecular flexibility index (Phi) is 14.1. The lowest BCUT2D eigenvalue weighted by Crippen LogP contribution is -2.53. The van der Waals surface area contributed by atoms with Gasteiger partial charge in [0, 0.05) is 46.2 Å². The van der Waals surface area contributed by atoms with E-state index in [1.54, 1.807) is 21.1 Å². The van der Waals surface area contributed by atoms with E-state index < -0.39 is 0 Å². The number of aryl methyl sites for hydroxylation is 1. The minimum atomic E-state index is -0.372. The van der Waals surface area contributed by atoms with Crippen LogP contribution in [0.1, 0.15) is 91.5 Å². The Morgan fingerprint density at radius 1 is 0.949 bits per heavy atom. The number of nitrogens with zero attached hydrogens (tertiary/aromatic N) is 1. The van der Waals surface area contributed by atoms with Crippen LogP contribution in [-0.2, 0) is 20.7 Å². The molecular weight excluding hydrogens is 492 g/mol. The first-order valence-electron chi connectivity index (χ1n) is 15.0. The molecule has 222 valence electrons. The van der Waals surface area contributed by atoms with Crippen LogP contribution < -0.4 is 14.8 Å². The molecule has 2 amide bonds. The van der Waals surface area contributed by atoms with Crippen molar-refractivity contribution in [1.29, 1.82) is 0 Å². The molecule has 1 N–H and O–H groups in total. The Labute approximate surface area is 237 Å². The number of piperidine rings is 1. The molecule has 7 nitrogen and oxygen atoms in total. The molecule has 0 radical (unpaired) electrons. The quantitative estimate of drug-likeness (QED) is 0.242. The molecule has 1 aliphatic rings. The van der Waals surface area contributed by atoms with Gasteiger partial charge in [0.25, 0.3) is 0 Å². The van der Waals surface area contributed by atoms with Gasteiger partial charge in [-0.1, -0.05) is 53.0 Å². The van der Waals surface area contributed by atoms with Gasteiger partial charge in [0.15, 0.2) is 11.5 Å². The van der Waals surface area contributed by atoms with Crippen LogP contribution in [0.3, 0.4) is 0 Å². The number of hydrogen-bond acceptors (Lipinski definition) is 5. The van der Waals surface area contributed by atoms with Gasteiger partial charge in [0.05, 0.1) is 19.1 Å². The van der Waals surface area contributed by atoms with E-state index >= 15 is 0 Å². The Hall–Kier alpha value is -2.28. The first-order valence-corrected chi connectivity index (χ1v) is 15.0. The summed E-state index contributed by atoms with van der Waals surface area (Å²) in [7, 11) is 3.37. The molecule has 1 heterocycles. The van der Waals surface area contributed by atoms with E-state index in [0.717, 1.165) is 82.4 Å². The maximum absolute atomic E-state index is 13.7. The number of rotatable bonds is 17. The van der Waals surface area contributed by atoms with Gasteiger partial charge >= 0.3 is 0 Å². The van der Waals surface area contributed by atoms with Crippen molar-refractivity contribution in [2.24, 2.45) is 17.3 Å². The number of amides is 2. The summed E-state index contributed by atoms with van der Waals surface area (Å²) < 4.78 is 16.5. The molecule has 1 aromatic rings. The summed E-state index contributed by atoms with van der Waals surface area (Å²) in [5.74, 6) is 2.40. The number of likely N-dealkylation sites (tertiary alicyclic amines) is 1. The van der Waals surface area contributed by atoms with E-state index in [2.05, 4.69) is 45.1 Å². The monoisotopic (exact) mass is 546 g/mol. The Morgan fingerprint density at radius 3 is 2.21 bits per heavy atom. The highest BCUT2D eigenvalue weighted by Gasteiger charge is 2.44. The van der Waals surface area contributed by atoms with Crippen LogP contribution in [-0.4, -0.2) is 63.3 Å². The van der Waals surface area contributed by atoms with Crippen molar-refractivity contribution in [3.05, 3.63) is 23.8 Å². The molecule has 0 unspecified atom stereocenters. The number of benzene rings is 1. The molecule has 0 bridgehead atoms.